The van der Waals surface area contributed by atoms with Gasteiger partial charge in [-0.3, -0.25) is 4.98 Å². The molecule has 1 N–H and O–H groups in total. The van der Waals surface area contributed by atoms with Crippen LogP contribution in [-0.2, 0) is 0 Å². The van der Waals surface area contributed by atoms with Crippen LogP contribution in [0.5, 0.6) is 17.2 Å². The van der Waals surface area contributed by atoms with Crippen LogP contribution in [0.15, 0.2) is 30.5 Å². The Morgan fingerprint density at radius 2 is 1.78 bits per heavy atom. The number of fused-ring (bicyclic) bond motifs is 1. The molecule has 0 saturated carbocycles. The zero-order chi connectivity index (χ0) is 25.7. The number of hydrogen-bond acceptors (Lipinski definition) is 8. The Hall–Kier alpha value is -2.90. The molecule has 3 aromatic rings. The van der Waals surface area contributed by atoms with Crippen LogP contribution >= 0.6 is 23.2 Å². The molecule has 0 spiro atoms. The molecule has 1 saturated heterocycles. The van der Waals surface area contributed by atoms with Gasteiger partial charge in [-0.25, -0.2) is 0 Å². The number of ether oxygens (including phenoxy) is 3. The van der Waals surface area contributed by atoms with E-state index < -0.39 is 0 Å². The molecule has 0 aliphatic carbocycles. The van der Waals surface area contributed by atoms with Crippen LogP contribution < -0.4 is 19.5 Å². The Morgan fingerprint density at radius 3 is 2.47 bits per heavy atom. The second kappa shape index (κ2) is 11.9. The SMILES string of the molecule is BN1CCN(CCCOc2cc3ncc(C#N)c(Nc4cc(OC)c(Cl)cc4Cl)c3cc2OC)CC1. The van der Waals surface area contributed by atoms with Gasteiger partial charge in [0.1, 0.15) is 11.8 Å². The minimum absolute atomic E-state index is 0.357. The van der Waals surface area contributed by atoms with Gasteiger partial charge in [-0.2, -0.15) is 5.26 Å². The largest absolute Gasteiger partial charge is 0.495 e. The lowest BCUT2D eigenvalue weighted by molar-refractivity contribution is 0.176. The zero-order valence-corrected chi connectivity index (χ0v) is 22.1. The van der Waals surface area contributed by atoms with Crippen molar-refractivity contribution in [3.8, 4) is 23.3 Å². The zero-order valence-electron chi connectivity index (χ0n) is 20.6. The Balaban J connectivity index is 1.57. The highest BCUT2D eigenvalue weighted by Crippen LogP contribution is 2.40. The molecule has 1 aromatic heterocycles. The summed E-state index contributed by atoms with van der Waals surface area (Å²) in [6.45, 7) is 5.92. The van der Waals surface area contributed by atoms with Crippen molar-refractivity contribution in [3.63, 3.8) is 0 Å². The van der Waals surface area contributed by atoms with E-state index >= 15 is 0 Å². The van der Waals surface area contributed by atoms with Gasteiger partial charge < -0.3 is 29.2 Å². The number of nitrogens with one attached hydrogen (secondary N) is 1. The summed E-state index contributed by atoms with van der Waals surface area (Å²) in [5, 5.41) is 14.5. The summed E-state index contributed by atoms with van der Waals surface area (Å²) in [5.41, 5.74) is 2.11. The first kappa shape index (κ1) is 26.2. The van der Waals surface area contributed by atoms with Gasteiger partial charge in [-0.15, -0.1) is 0 Å². The number of anilines is 2. The summed E-state index contributed by atoms with van der Waals surface area (Å²) in [6, 6.07) is 9.12. The average Bonchev–Trinajstić information content (AvgIpc) is 2.88. The number of pyridine rings is 1. The fourth-order valence-electron chi connectivity index (χ4n) is 4.15. The summed E-state index contributed by atoms with van der Waals surface area (Å²) >= 11 is 12.6. The second-order valence-electron chi connectivity index (χ2n) is 8.62. The van der Waals surface area contributed by atoms with Gasteiger partial charge in [0.15, 0.2) is 19.5 Å². The van der Waals surface area contributed by atoms with Gasteiger partial charge in [0.25, 0.3) is 0 Å². The van der Waals surface area contributed by atoms with Crippen molar-refractivity contribution in [2.24, 2.45) is 0 Å². The fraction of sp³-hybridized carbons (Fsp3) is 0.360. The number of aromatic nitrogens is 1. The van der Waals surface area contributed by atoms with Crippen LogP contribution in [0.1, 0.15) is 12.0 Å². The van der Waals surface area contributed by atoms with Gasteiger partial charge in [0.05, 0.1) is 53.3 Å². The molecule has 2 aromatic carbocycles. The monoisotopic (exact) mass is 527 g/mol. The molecule has 1 aliphatic heterocycles. The van der Waals surface area contributed by atoms with Crippen molar-refractivity contribution < 1.29 is 14.2 Å². The first-order valence-electron chi connectivity index (χ1n) is 11.7. The third kappa shape index (κ3) is 5.90. The number of benzene rings is 2. The van der Waals surface area contributed by atoms with E-state index in [9.17, 15) is 5.26 Å². The van der Waals surface area contributed by atoms with Crippen LogP contribution in [0.2, 0.25) is 10.0 Å². The molecule has 0 unspecified atom stereocenters. The Kier molecular flexibility index (Phi) is 8.65. The van der Waals surface area contributed by atoms with E-state index in [0.717, 1.165) is 39.1 Å². The highest BCUT2D eigenvalue weighted by Gasteiger charge is 2.17. The molecule has 0 radical (unpaired) electrons. The van der Waals surface area contributed by atoms with Gasteiger partial charge in [-0.05, 0) is 31.6 Å². The molecule has 0 amide bonds. The lowest BCUT2D eigenvalue weighted by Gasteiger charge is -2.32. The molecular formula is C25H28BCl2N5O3. The normalized spacial score (nSPS) is 14.4. The highest BCUT2D eigenvalue weighted by atomic mass is 35.5. The molecule has 188 valence electrons. The lowest BCUT2D eigenvalue weighted by atomic mass is 10.1. The maximum Gasteiger partial charge on any atom is 0.185 e. The molecule has 1 fully saturated rings. The van der Waals surface area contributed by atoms with Crippen molar-refractivity contribution in [1.82, 2.24) is 14.7 Å². The van der Waals surface area contributed by atoms with Crippen LogP contribution in [0.25, 0.3) is 10.9 Å². The minimum Gasteiger partial charge on any atom is -0.495 e. The molecule has 11 heteroatoms. The van der Waals surface area contributed by atoms with Crippen molar-refractivity contribution in [1.29, 1.82) is 5.26 Å². The molecule has 0 bridgehead atoms. The maximum absolute atomic E-state index is 9.75. The third-order valence-corrected chi connectivity index (χ3v) is 6.86. The topological polar surface area (TPSA) is 82.9 Å². The molecular weight excluding hydrogens is 500 g/mol. The van der Waals surface area contributed by atoms with Gasteiger partial charge >= 0.3 is 0 Å². The van der Waals surface area contributed by atoms with E-state index in [1.165, 1.54) is 13.3 Å². The van der Waals surface area contributed by atoms with Crippen molar-refractivity contribution in [2.45, 2.75) is 6.42 Å². The van der Waals surface area contributed by atoms with Crippen LogP contribution in [0, 0.1) is 11.3 Å². The predicted octanol–water partition coefficient (Wildman–Crippen LogP) is 4.11. The van der Waals surface area contributed by atoms with E-state index in [0.29, 0.717) is 61.7 Å². The number of piperazine rings is 1. The predicted molar refractivity (Wildman–Crippen MR) is 146 cm³/mol. The Labute approximate surface area is 222 Å². The number of nitrogens with zero attached hydrogens (tertiary/aromatic N) is 4. The number of nitriles is 1. The number of rotatable bonds is 9. The quantitative estimate of drug-likeness (QED) is 0.329. The van der Waals surface area contributed by atoms with Crippen LogP contribution in [0.3, 0.4) is 0 Å². The van der Waals surface area contributed by atoms with Crippen molar-refractivity contribution in [2.75, 3.05) is 58.9 Å². The second-order valence-corrected chi connectivity index (χ2v) is 9.43. The van der Waals surface area contributed by atoms with Gasteiger partial charge in [-0.1, -0.05) is 23.2 Å². The minimum atomic E-state index is 0.357. The van der Waals surface area contributed by atoms with Crippen molar-refractivity contribution in [3.05, 3.63) is 46.1 Å². The molecule has 4 rings (SSSR count). The molecule has 8 nitrogen and oxygen atoms in total. The van der Waals surface area contributed by atoms with E-state index in [4.69, 9.17) is 37.4 Å². The number of methoxy groups -OCH3 is 2. The number of halogens is 2. The molecule has 36 heavy (non-hydrogen) atoms. The molecule has 2 heterocycles. The summed E-state index contributed by atoms with van der Waals surface area (Å²) in [5.74, 6) is 1.63. The summed E-state index contributed by atoms with van der Waals surface area (Å²) < 4.78 is 17.0. The summed E-state index contributed by atoms with van der Waals surface area (Å²) in [4.78, 5) is 9.28. The summed E-state index contributed by atoms with van der Waals surface area (Å²) in [7, 11) is 5.27. The molecule has 0 atom stereocenters. The summed E-state index contributed by atoms with van der Waals surface area (Å²) in [6.07, 6.45) is 2.44. The van der Waals surface area contributed by atoms with Gasteiger partial charge in [0, 0.05) is 43.4 Å². The first-order valence-corrected chi connectivity index (χ1v) is 12.4. The van der Waals surface area contributed by atoms with E-state index in [1.807, 2.05) is 12.1 Å². The number of hydrogen-bond donors (Lipinski definition) is 1. The third-order valence-electron chi connectivity index (χ3n) is 6.25. The van der Waals surface area contributed by atoms with Crippen LogP contribution in [-0.4, -0.2) is 76.2 Å². The highest BCUT2D eigenvalue weighted by molar-refractivity contribution is 6.37. The Morgan fingerprint density at radius 1 is 1.03 bits per heavy atom. The van der Waals surface area contributed by atoms with Crippen LogP contribution in [0.4, 0.5) is 11.4 Å². The Bertz CT molecular complexity index is 1280. The van der Waals surface area contributed by atoms with E-state index in [-0.39, 0.29) is 0 Å². The van der Waals surface area contributed by atoms with Gasteiger partial charge in [0.2, 0.25) is 0 Å². The standard InChI is InChI=1S/C25H28BCl2N5O3/c1-34-22-13-21(18(27)11-19(22)28)31-25-16(14-29)15-30-20-12-24(23(35-2)10-17(20)25)36-9-3-4-32-5-7-33(26)8-6-32/h10-13,15H,3-9,26H2,1-2H3,(H,30,31). The fourth-order valence-corrected chi connectivity index (χ4v) is 4.66. The van der Waals surface area contributed by atoms with Crippen molar-refractivity contribution >= 4 is 53.5 Å². The molecule has 1 aliphatic rings. The van der Waals surface area contributed by atoms with E-state index in [2.05, 4.69) is 34.1 Å². The lowest BCUT2D eigenvalue weighted by Crippen LogP contribution is -2.45. The first-order chi connectivity index (χ1) is 17.4. The smallest absolute Gasteiger partial charge is 0.185 e. The van der Waals surface area contributed by atoms with E-state index in [1.54, 1.807) is 19.2 Å². The maximum atomic E-state index is 9.75. The average molecular weight is 528 g/mol.